The van der Waals surface area contributed by atoms with E-state index in [2.05, 4.69) is 0 Å². The summed E-state index contributed by atoms with van der Waals surface area (Å²) >= 11 is 0. The standard InChI is InChI=1S/C22H23NO2/c1-3-23(4-2)22(25)19-15-9-13-16-12-8-14-18(20(16)19)21(24)17-10-6-5-7-11-17/h5-15,21,24H,3-4H2,1-2H3/t21-/m1/s1. The summed E-state index contributed by atoms with van der Waals surface area (Å²) in [4.78, 5) is 14.8. The third kappa shape index (κ3) is 3.28. The van der Waals surface area contributed by atoms with E-state index >= 15 is 0 Å². The molecule has 3 rings (SSSR count). The fourth-order valence-corrected chi connectivity index (χ4v) is 3.27. The van der Waals surface area contributed by atoms with Crippen LogP contribution in [-0.4, -0.2) is 29.0 Å². The molecule has 0 heterocycles. The van der Waals surface area contributed by atoms with Crippen LogP contribution in [0.15, 0.2) is 66.7 Å². The van der Waals surface area contributed by atoms with Crippen LogP contribution in [0.2, 0.25) is 0 Å². The monoisotopic (exact) mass is 333 g/mol. The number of rotatable bonds is 5. The number of hydrogen-bond acceptors (Lipinski definition) is 2. The average molecular weight is 333 g/mol. The number of aliphatic hydroxyl groups excluding tert-OH is 1. The van der Waals surface area contributed by atoms with Crippen LogP contribution in [0.4, 0.5) is 0 Å². The maximum Gasteiger partial charge on any atom is 0.254 e. The van der Waals surface area contributed by atoms with Crippen molar-refractivity contribution in [2.45, 2.75) is 20.0 Å². The number of amides is 1. The second kappa shape index (κ2) is 7.49. The fraction of sp³-hybridized carbons (Fsp3) is 0.227. The number of carbonyl (C=O) groups is 1. The molecule has 0 fully saturated rings. The van der Waals surface area contributed by atoms with Gasteiger partial charge in [0.25, 0.3) is 5.91 Å². The first-order chi connectivity index (χ1) is 12.2. The van der Waals surface area contributed by atoms with Gasteiger partial charge in [-0.1, -0.05) is 60.7 Å². The molecule has 0 radical (unpaired) electrons. The maximum atomic E-state index is 13.0. The molecule has 0 aliphatic carbocycles. The Balaban J connectivity index is 2.19. The van der Waals surface area contributed by atoms with E-state index < -0.39 is 6.10 Å². The first kappa shape index (κ1) is 17.2. The molecule has 1 N–H and O–H groups in total. The van der Waals surface area contributed by atoms with Gasteiger partial charge in [-0.15, -0.1) is 0 Å². The molecule has 3 heteroatoms. The molecule has 0 aliphatic rings. The quantitative estimate of drug-likeness (QED) is 0.751. The molecule has 1 amide bonds. The van der Waals surface area contributed by atoms with E-state index in [9.17, 15) is 9.90 Å². The van der Waals surface area contributed by atoms with Crippen molar-refractivity contribution in [3.8, 4) is 0 Å². The Morgan fingerprint density at radius 3 is 2.20 bits per heavy atom. The third-order valence-electron chi connectivity index (χ3n) is 4.63. The third-order valence-corrected chi connectivity index (χ3v) is 4.63. The molecule has 128 valence electrons. The van der Waals surface area contributed by atoms with Gasteiger partial charge in [0.05, 0.1) is 0 Å². The normalized spacial score (nSPS) is 12.1. The van der Waals surface area contributed by atoms with E-state index in [4.69, 9.17) is 0 Å². The smallest absolute Gasteiger partial charge is 0.254 e. The van der Waals surface area contributed by atoms with Gasteiger partial charge in [0.15, 0.2) is 0 Å². The van der Waals surface area contributed by atoms with Crippen LogP contribution in [0.5, 0.6) is 0 Å². The highest BCUT2D eigenvalue weighted by molar-refractivity contribution is 6.08. The topological polar surface area (TPSA) is 40.5 Å². The first-order valence-electron chi connectivity index (χ1n) is 8.71. The van der Waals surface area contributed by atoms with E-state index in [-0.39, 0.29) is 5.91 Å². The summed E-state index contributed by atoms with van der Waals surface area (Å²) in [5, 5.41) is 12.7. The van der Waals surface area contributed by atoms with Gasteiger partial charge >= 0.3 is 0 Å². The van der Waals surface area contributed by atoms with E-state index in [0.717, 1.165) is 21.9 Å². The Kier molecular flexibility index (Phi) is 5.15. The Bertz CT molecular complexity index is 864. The summed E-state index contributed by atoms with van der Waals surface area (Å²) < 4.78 is 0. The lowest BCUT2D eigenvalue weighted by Crippen LogP contribution is -2.30. The van der Waals surface area contributed by atoms with E-state index in [0.29, 0.717) is 18.7 Å². The minimum Gasteiger partial charge on any atom is -0.384 e. The number of hydrogen-bond donors (Lipinski definition) is 1. The van der Waals surface area contributed by atoms with Crippen molar-refractivity contribution < 1.29 is 9.90 Å². The molecule has 3 nitrogen and oxygen atoms in total. The van der Waals surface area contributed by atoms with Crippen molar-refractivity contribution in [1.29, 1.82) is 0 Å². The predicted molar refractivity (Wildman–Crippen MR) is 102 cm³/mol. The summed E-state index contributed by atoms with van der Waals surface area (Å²) in [7, 11) is 0. The van der Waals surface area contributed by atoms with Crippen LogP contribution in [0, 0.1) is 0 Å². The van der Waals surface area contributed by atoms with Crippen molar-refractivity contribution in [1.82, 2.24) is 4.90 Å². The summed E-state index contributed by atoms with van der Waals surface area (Å²) in [5.74, 6) is 0.00307. The van der Waals surface area contributed by atoms with E-state index in [1.165, 1.54) is 0 Å². The SMILES string of the molecule is CCN(CC)C(=O)c1cccc2cccc([C@H](O)c3ccccc3)c12. The molecule has 0 saturated heterocycles. The largest absolute Gasteiger partial charge is 0.384 e. The van der Waals surface area contributed by atoms with E-state index in [1.807, 2.05) is 80.6 Å². The zero-order chi connectivity index (χ0) is 17.8. The highest BCUT2D eigenvalue weighted by atomic mass is 16.3. The molecule has 0 aliphatic heterocycles. The number of benzene rings is 3. The molecule has 25 heavy (non-hydrogen) atoms. The summed E-state index contributed by atoms with van der Waals surface area (Å²) in [6.45, 7) is 5.28. The van der Waals surface area contributed by atoms with Crippen molar-refractivity contribution in [2.75, 3.05) is 13.1 Å². The van der Waals surface area contributed by atoms with Crippen molar-refractivity contribution in [3.05, 3.63) is 83.4 Å². The number of nitrogens with zero attached hydrogens (tertiary/aromatic N) is 1. The lowest BCUT2D eigenvalue weighted by Gasteiger charge is -2.22. The van der Waals surface area contributed by atoms with Gasteiger partial charge in [0.2, 0.25) is 0 Å². The van der Waals surface area contributed by atoms with Gasteiger partial charge in [-0.3, -0.25) is 4.79 Å². The lowest BCUT2D eigenvalue weighted by molar-refractivity contribution is 0.0775. The minimum absolute atomic E-state index is 0.00307. The van der Waals surface area contributed by atoms with Crippen molar-refractivity contribution in [3.63, 3.8) is 0 Å². The molecule has 0 aromatic heterocycles. The number of fused-ring (bicyclic) bond motifs is 1. The number of aliphatic hydroxyl groups is 1. The molecule has 0 unspecified atom stereocenters. The minimum atomic E-state index is -0.768. The summed E-state index contributed by atoms with van der Waals surface area (Å²) in [5.41, 5.74) is 2.23. The van der Waals surface area contributed by atoms with Crippen molar-refractivity contribution in [2.24, 2.45) is 0 Å². The molecule has 3 aromatic carbocycles. The summed E-state index contributed by atoms with van der Waals surface area (Å²) in [6.07, 6.45) is -0.768. The van der Waals surface area contributed by atoms with Gasteiger partial charge in [-0.2, -0.15) is 0 Å². The molecule has 0 bridgehead atoms. The first-order valence-corrected chi connectivity index (χ1v) is 8.71. The van der Waals surface area contributed by atoms with Gasteiger partial charge < -0.3 is 10.0 Å². The second-order valence-corrected chi connectivity index (χ2v) is 6.04. The lowest BCUT2D eigenvalue weighted by atomic mass is 9.92. The van der Waals surface area contributed by atoms with Crippen LogP contribution in [0.25, 0.3) is 10.8 Å². The molecular weight excluding hydrogens is 310 g/mol. The highest BCUT2D eigenvalue weighted by Crippen LogP contribution is 2.31. The average Bonchev–Trinajstić information content (AvgIpc) is 2.68. The fourth-order valence-electron chi connectivity index (χ4n) is 3.27. The summed E-state index contributed by atoms with van der Waals surface area (Å²) in [6, 6.07) is 21.1. The molecule has 0 saturated carbocycles. The van der Waals surface area contributed by atoms with Crippen LogP contribution in [0.3, 0.4) is 0 Å². The molecular formula is C22H23NO2. The molecule has 0 spiro atoms. The number of carbonyl (C=O) groups excluding carboxylic acids is 1. The van der Waals surface area contributed by atoms with E-state index in [1.54, 1.807) is 4.90 Å². The van der Waals surface area contributed by atoms with Crippen LogP contribution in [0.1, 0.15) is 41.4 Å². The highest BCUT2D eigenvalue weighted by Gasteiger charge is 2.20. The van der Waals surface area contributed by atoms with Crippen molar-refractivity contribution >= 4 is 16.7 Å². The van der Waals surface area contributed by atoms with Gasteiger partial charge in [-0.25, -0.2) is 0 Å². The second-order valence-electron chi connectivity index (χ2n) is 6.04. The Morgan fingerprint density at radius 1 is 0.920 bits per heavy atom. The maximum absolute atomic E-state index is 13.0. The van der Waals surface area contributed by atoms with Gasteiger partial charge in [0.1, 0.15) is 6.10 Å². The van der Waals surface area contributed by atoms with Crippen LogP contribution < -0.4 is 0 Å². The zero-order valence-corrected chi connectivity index (χ0v) is 14.6. The predicted octanol–water partition coefficient (Wildman–Crippen LogP) is 4.40. The van der Waals surface area contributed by atoms with Crippen LogP contribution >= 0.6 is 0 Å². The Labute approximate surface area is 148 Å². The zero-order valence-electron chi connectivity index (χ0n) is 14.6. The van der Waals surface area contributed by atoms with Gasteiger partial charge in [0, 0.05) is 24.0 Å². The van der Waals surface area contributed by atoms with Gasteiger partial charge in [-0.05, 0) is 36.4 Å². The van der Waals surface area contributed by atoms with Crippen LogP contribution in [-0.2, 0) is 0 Å². The molecule has 1 atom stereocenters. The Morgan fingerprint density at radius 2 is 1.56 bits per heavy atom. The Hall–Kier alpha value is -2.65. The molecule has 3 aromatic rings.